The Morgan fingerprint density at radius 2 is 2.31 bits per heavy atom. The summed E-state index contributed by atoms with van der Waals surface area (Å²) in [5.41, 5.74) is 2.10. The Hall–Kier alpha value is -1.20. The molecule has 0 aliphatic carbocycles. The molecule has 0 saturated carbocycles. The minimum absolute atomic E-state index is 0.765. The van der Waals surface area contributed by atoms with E-state index in [4.69, 9.17) is 0 Å². The van der Waals surface area contributed by atoms with Crippen LogP contribution in [0.3, 0.4) is 0 Å². The maximum absolute atomic E-state index is 4.39. The number of aromatic nitrogens is 3. The molecule has 5 heteroatoms. The Labute approximate surface area is 103 Å². The van der Waals surface area contributed by atoms with Crippen molar-refractivity contribution in [3.63, 3.8) is 0 Å². The summed E-state index contributed by atoms with van der Waals surface area (Å²) >= 11 is 3.42. The van der Waals surface area contributed by atoms with Crippen molar-refractivity contribution in [2.45, 2.75) is 13.5 Å². The Kier molecular flexibility index (Phi) is 3.36. The van der Waals surface area contributed by atoms with Crippen LogP contribution in [0.5, 0.6) is 0 Å². The number of aryl methyl sites for hydroxylation is 1. The second kappa shape index (κ2) is 4.76. The molecule has 0 bridgehead atoms. The van der Waals surface area contributed by atoms with Gasteiger partial charge in [-0.3, -0.25) is 0 Å². The first-order chi connectivity index (χ1) is 7.70. The third-order valence-corrected chi connectivity index (χ3v) is 2.65. The number of hydrogen-bond donors (Lipinski definition) is 1. The van der Waals surface area contributed by atoms with E-state index in [2.05, 4.69) is 37.4 Å². The first-order valence-electron chi connectivity index (χ1n) is 5.02. The summed E-state index contributed by atoms with van der Waals surface area (Å²) in [6.45, 7) is 2.73. The van der Waals surface area contributed by atoms with Crippen LogP contribution < -0.4 is 5.32 Å². The first kappa shape index (κ1) is 11.3. The van der Waals surface area contributed by atoms with Crippen LogP contribution in [-0.2, 0) is 6.54 Å². The molecule has 0 aliphatic rings. The average Bonchev–Trinajstić information content (AvgIpc) is 2.65. The molecule has 2 aromatic rings. The molecule has 16 heavy (non-hydrogen) atoms. The maximum Gasteiger partial charge on any atom is 0.157 e. The highest BCUT2D eigenvalue weighted by Crippen LogP contribution is 2.17. The summed E-state index contributed by atoms with van der Waals surface area (Å²) in [4.78, 5) is 4.39. The SMILES string of the molecule is CNCc1cc(Br)cnc1-n1ccc(C)n1. The van der Waals surface area contributed by atoms with Gasteiger partial charge in [-0.2, -0.15) is 5.10 Å². The average molecular weight is 281 g/mol. The van der Waals surface area contributed by atoms with Crippen molar-refractivity contribution in [1.82, 2.24) is 20.1 Å². The molecule has 2 rings (SSSR count). The summed E-state index contributed by atoms with van der Waals surface area (Å²) in [5.74, 6) is 0.866. The Morgan fingerprint density at radius 1 is 1.50 bits per heavy atom. The van der Waals surface area contributed by atoms with Crippen molar-refractivity contribution in [3.05, 3.63) is 40.3 Å². The molecule has 0 fully saturated rings. The summed E-state index contributed by atoms with van der Waals surface area (Å²) in [6.07, 6.45) is 3.70. The van der Waals surface area contributed by atoms with Gasteiger partial charge in [0.25, 0.3) is 0 Å². The van der Waals surface area contributed by atoms with E-state index in [0.29, 0.717) is 0 Å². The molecule has 0 aliphatic heterocycles. The largest absolute Gasteiger partial charge is 0.316 e. The zero-order chi connectivity index (χ0) is 11.5. The molecule has 1 N–H and O–H groups in total. The minimum atomic E-state index is 0.765. The van der Waals surface area contributed by atoms with Gasteiger partial charge >= 0.3 is 0 Å². The number of pyridine rings is 1. The molecule has 84 valence electrons. The molecule has 2 heterocycles. The lowest BCUT2D eigenvalue weighted by molar-refractivity contribution is 0.766. The topological polar surface area (TPSA) is 42.7 Å². The highest BCUT2D eigenvalue weighted by Gasteiger charge is 2.07. The molecule has 4 nitrogen and oxygen atoms in total. The number of nitrogens with one attached hydrogen (secondary N) is 1. The number of rotatable bonds is 3. The fraction of sp³-hybridized carbons (Fsp3) is 0.273. The van der Waals surface area contributed by atoms with Gasteiger partial charge in [0.1, 0.15) is 0 Å². The molecule has 2 aromatic heterocycles. The monoisotopic (exact) mass is 280 g/mol. The Balaban J connectivity index is 2.47. The van der Waals surface area contributed by atoms with Gasteiger partial charge in [-0.15, -0.1) is 0 Å². The van der Waals surface area contributed by atoms with Crippen LogP contribution in [0.25, 0.3) is 5.82 Å². The zero-order valence-corrected chi connectivity index (χ0v) is 10.8. The zero-order valence-electron chi connectivity index (χ0n) is 9.24. The van der Waals surface area contributed by atoms with Crippen molar-refractivity contribution in [2.75, 3.05) is 7.05 Å². The van der Waals surface area contributed by atoms with Crippen LogP contribution in [0.1, 0.15) is 11.3 Å². The van der Waals surface area contributed by atoms with Crippen molar-refractivity contribution in [2.24, 2.45) is 0 Å². The first-order valence-corrected chi connectivity index (χ1v) is 5.81. The standard InChI is InChI=1S/C11H13BrN4/c1-8-3-4-16(15-8)11-9(6-13-2)5-10(12)7-14-11/h3-5,7,13H,6H2,1-2H3. The van der Waals surface area contributed by atoms with Gasteiger partial charge in [-0.25, -0.2) is 9.67 Å². The molecule has 0 unspecified atom stereocenters. The van der Waals surface area contributed by atoms with Crippen molar-refractivity contribution in [1.29, 1.82) is 0 Å². The van der Waals surface area contributed by atoms with E-state index in [-0.39, 0.29) is 0 Å². The number of hydrogen-bond acceptors (Lipinski definition) is 3. The molecular formula is C11H13BrN4. The van der Waals surface area contributed by atoms with Gasteiger partial charge in [0.05, 0.1) is 5.69 Å². The normalized spacial score (nSPS) is 10.7. The summed E-state index contributed by atoms with van der Waals surface area (Å²) in [7, 11) is 1.92. The van der Waals surface area contributed by atoms with Crippen LogP contribution in [0, 0.1) is 6.92 Å². The number of halogens is 1. The lowest BCUT2D eigenvalue weighted by Crippen LogP contribution is -2.11. The van der Waals surface area contributed by atoms with E-state index >= 15 is 0 Å². The highest BCUT2D eigenvalue weighted by atomic mass is 79.9. The second-order valence-electron chi connectivity index (χ2n) is 3.57. The van der Waals surface area contributed by atoms with Gasteiger partial charge in [-0.1, -0.05) is 0 Å². The summed E-state index contributed by atoms with van der Waals surface area (Å²) in [5, 5.41) is 7.49. The fourth-order valence-corrected chi connectivity index (χ4v) is 1.91. The molecular weight excluding hydrogens is 268 g/mol. The lowest BCUT2D eigenvalue weighted by atomic mass is 10.2. The predicted molar refractivity (Wildman–Crippen MR) is 66.6 cm³/mol. The van der Waals surface area contributed by atoms with E-state index in [1.165, 1.54) is 0 Å². The van der Waals surface area contributed by atoms with Crippen molar-refractivity contribution in [3.8, 4) is 5.82 Å². The van der Waals surface area contributed by atoms with Gasteiger partial charge in [-0.05, 0) is 42.0 Å². The Bertz CT molecular complexity index is 492. The molecule has 0 atom stereocenters. The van der Waals surface area contributed by atoms with Crippen LogP contribution in [0.15, 0.2) is 29.0 Å². The maximum atomic E-state index is 4.39. The third kappa shape index (κ3) is 2.31. The van der Waals surface area contributed by atoms with E-state index in [9.17, 15) is 0 Å². The molecule has 0 spiro atoms. The lowest BCUT2D eigenvalue weighted by Gasteiger charge is -2.08. The van der Waals surface area contributed by atoms with Crippen molar-refractivity contribution < 1.29 is 0 Å². The highest BCUT2D eigenvalue weighted by molar-refractivity contribution is 9.10. The van der Waals surface area contributed by atoms with Gasteiger partial charge < -0.3 is 5.32 Å². The van der Waals surface area contributed by atoms with E-state index in [0.717, 1.165) is 28.1 Å². The smallest absolute Gasteiger partial charge is 0.157 e. The molecule has 0 aromatic carbocycles. The van der Waals surface area contributed by atoms with Gasteiger partial charge in [0.2, 0.25) is 0 Å². The molecule has 0 radical (unpaired) electrons. The van der Waals surface area contributed by atoms with Gasteiger partial charge in [0, 0.05) is 29.0 Å². The second-order valence-corrected chi connectivity index (χ2v) is 4.48. The number of nitrogens with zero attached hydrogens (tertiary/aromatic N) is 3. The van der Waals surface area contributed by atoms with Gasteiger partial charge in [0.15, 0.2) is 5.82 Å². The summed E-state index contributed by atoms with van der Waals surface area (Å²) < 4.78 is 2.78. The Morgan fingerprint density at radius 3 is 2.94 bits per heavy atom. The predicted octanol–water partition coefficient (Wildman–Crippen LogP) is 2.06. The molecule has 0 amide bonds. The van der Waals surface area contributed by atoms with E-state index in [1.54, 1.807) is 10.9 Å². The minimum Gasteiger partial charge on any atom is -0.316 e. The summed E-state index contributed by atoms with van der Waals surface area (Å²) in [6, 6.07) is 4.02. The fourth-order valence-electron chi connectivity index (χ4n) is 1.53. The van der Waals surface area contributed by atoms with Crippen LogP contribution in [0.4, 0.5) is 0 Å². The van der Waals surface area contributed by atoms with Crippen LogP contribution in [0.2, 0.25) is 0 Å². The van der Waals surface area contributed by atoms with Crippen LogP contribution in [-0.4, -0.2) is 21.8 Å². The van der Waals surface area contributed by atoms with E-state index in [1.807, 2.05) is 26.2 Å². The van der Waals surface area contributed by atoms with E-state index < -0.39 is 0 Å². The third-order valence-electron chi connectivity index (χ3n) is 2.22. The molecule has 0 saturated heterocycles. The van der Waals surface area contributed by atoms with Crippen molar-refractivity contribution >= 4 is 15.9 Å². The quantitative estimate of drug-likeness (QED) is 0.936. The van der Waals surface area contributed by atoms with Crippen LogP contribution >= 0.6 is 15.9 Å².